The van der Waals surface area contributed by atoms with E-state index in [1.165, 1.54) is 32.1 Å². The SMILES string of the molecule is C=CCOC(C)(C)C(F)(F)[C@](C)(N[S+]([O-])C(C)C)c1cc(Br)ccc1F. The molecule has 0 aromatic heterocycles. The number of nitrogens with one attached hydrogen (secondary N) is 1. The summed E-state index contributed by atoms with van der Waals surface area (Å²) in [7, 11) is 0. The maximum Gasteiger partial charge on any atom is 0.301 e. The predicted octanol–water partition coefficient (Wildman–Crippen LogP) is 5.08. The van der Waals surface area contributed by atoms with Gasteiger partial charge < -0.3 is 9.29 Å². The summed E-state index contributed by atoms with van der Waals surface area (Å²) in [6.07, 6.45) is 1.36. The van der Waals surface area contributed by atoms with Crippen molar-refractivity contribution in [2.24, 2.45) is 0 Å². The van der Waals surface area contributed by atoms with Crippen molar-refractivity contribution in [3.63, 3.8) is 0 Å². The number of hydrogen-bond donors (Lipinski definition) is 1. The molecule has 26 heavy (non-hydrogen) atoms. The molecule has 0 saturated carbocycles. The van der Waals surface area contributed by atoms with Crippen LogP contribution in [0, 0.1) is 5.82 Å². The molecule has 0 bridgehead atoms. The fraction of sp³-hybridized carbons (Fsp3) is 0.556. The van der Waals surface area contributed by atoms with Gasteiger partial charge >= 0.3 is 5.92 Å². The average Bonchev–Trinajstić information content (AvgIpc) is 2.54. The normalized spacial score (nSPS) is 16.4. The van der Waals surface area contributed by atoms with Crippen LogP contribution in [0.4, 0.5) is 13.2 Å². The summed E-state index contributed by atoms with van der Waals surface area (Å²) in [4.78, 5) is 0. The second kappa shape index (κ2) is 8.65. The van der Waals surface area contributed by atoms with Crippen molar-refractivity contribution < 1.29 is 22.5 Å². The van der Waals surface area contributed by atoms with Gasteiger partial charge in [0.05, 0.1) is 6.61 Å². The first-order chi connectivity index (χ1) is 11.8. The van der Waals surface area contributed by atoms with Gasteiger partial charge in [-0.2, -0.15) is 0 Å². The second-order valence-electron chi connectivity index (χ2n) is 6.88. The van der Waals surface area contributed by atoms with E-state index in [2.05, 4.69) is 27.2 Å². The molecule has 1 N–H and O–H groups in total. The number of alkyl halides is 2. The summed E-state index contributed by atoms with van der Waals surface area (Å²) < 4.78 is 66.4. The highest BCUT2D eigenvalue weighted by atomic mass is 79.9. The first-order valence-electron chi connectivity index (χ1n) is 8.06. The summed E-state index contributed by atoms with van der Waals surface area (Å²) in [5.41, 5.74) is -4.58. The number of rotatable bonds is 9. The minimum absolute atomic E-state index is 0.104. The molecule has 0 saturated heterocycles. The van der Waals surface area contributed by atoms with Crippen LogP contribution in [0.5, 0.6) is 0 Å². The predicted molar refractivity (Wildman–Crippen MR) is 103 cm³/mol. The smallest absolute Gasteiger partial charge is 0.301 e. The molecule has 8 heteroatoms. The Morgan fingerprint density at radius 3 is 2.42 bits per heavy atom. The summed E-state index contributed by atoms with van der Waals surface area (Å²) in [5, 5.41) is -0.447. The van der Waals surface area contributed by atoms with Crippen molar-refractivity contribution in [3.8, 4) is 0 Å². The van der Waals surface area contributed by atoms with Gasteiger partial charge in [0.25, 0.3) is 0 Å². The number of ether oxygens (including phenoxy) is 1. The molecule has 1 unspecified atom stereocenters. The van der Waals surface area contributed by atoms with Crippen LogP contribution < -0.4 is 4.72 Å². The molecule has 0 fully saturated rings. The average molecular weight is 456 g/mol. The molecule has 1 aromatic carbocycles. The van der Waals surface area contributed by atoms with E-state index >= 15 is 8.78 Å². The Morgan fingerprint density at radius 1 is 1.35 bits per heavy atom. The number of halogens is 4. The van der Waals surface area contributed by atoms with Gasteiger partial charge in [-0.05, 0) is 52.8 Å². The van der Waals surface area contributed by atoms with Crippen molar-refractivity contribution in [2.75, 3.05) is 6.61 Å². The Balaban J connectivity index is 3.58. The summed E-state index contributed by atoms with van der Waals surface area (Å²) >= 11 is 1.35. The van der Waals surface area contributed by atoms with E-state index in [0.29, 0.717) is 4.47 Å². The Morgan fingerprint density at radius 2 is 1.92 bits per heavy atom. The molecular weight excluding hydrogens is 431 g/mol. The van der Waals surface area contributed by atoms with E-state index in [0.717, 1.165) is 13.0 Å². The van der Waals surface area contributed by atoms with Crippen molar-refractivity contribution in [3.05, 3.63) is 46.7 Å². The Labute approximate surface area is 164 Å². The minimum atomic E-state index is -3.63. The van der Waals surface area contributed by atoms with Crippen LogP contribution in [0.15, 0.2) is 35.3 Å². The lowest BCUT2D eigenvalue weighted by Crippen LogP contribution is -2.65. The fourth-order valence-corrected chi connectivity index (χ4v) is 3.69. The van der Waals surface area contributed by atoms with Crippen molar-refractivity contribution in [2.45, 2.75) is 56.9 Å². The van der Waals surface area contributed by atoms with Gasteiger partial charge in [-0.25, -0.2) is 13.2 Å². The van der Waals surface area contributed by atoms with E-state index in [4.69, 9.17) is 4.74 Å². The van der Waals surface area contributed by atoms with Crippen LogP contribution in [0.2, 0.25) is 0 Å². The van der Waals surface area contributed by atoms with Crippen molar-refractivity contribution >= 4 is 27.3 Å². The monoisotopic (exact) mass is 455 g/mol. The third-order valence-corrected chi connectivity index (χ3v) is 6.11. The van der Waals surface area contributed by atoms with Crippen molar-refractivity contribution in [1.29, 1.82) is 0 Å². The molecule has 3 nitrogen and oxygen atoms in total. The zero-order chi connectivity index (χ0) is 20.3. The molecule has 0 radical (unpaired) electrons. The highest BCUT2D eigenvalue weighted by Gasteiger charge is 2.64. The van der Waals surface area contributed by atoms with Gasteiger partial charge in [0.1, 0.15) is 16.7 Å². The molecule has 0 heterocycles. The second-order valence-corrected chi connectivity index (χ2v) is 9.54. The first-order valence-corrected chi connectivity index (χ1v) is 10.1. The zero-order valence-corrected chi connectivity index (χ0v) is 17.9. The third-order valence-electron chi connectivity index (χ3n) is 4.15. The van der Waals surface area contributed by atoms with Gasteiger partial charge in [-0.3, -0.25) is 0 Å². The number of hydrogen-bond acceptors (Lipinski definition) is 3. The Bertz CT molecular complexity index is 643. The lowest BCUT2D eigenvalue weighted by atomic mass is 9.78. The molecule has 2 atom stereocenters. The third kappa shape index (κ3) is 4.65. The molecule has 1 aromatic rings. The summed E-state index contributed by atoms with van der Waals surface area (Å²) in [6, 6.07) is 3.76. The zero-order valence-electron chi connectivity index (χ0n) is 15.5. The maximum absolute atomic E-state index is 15.7. The summed E-state index contributed by atoms with van der Waals surface area (Å²) in [5.74, 6) is -4.46. The lowest BCUT2D eigenvalue weighted by Gasteiger charge is -2.45. The Kier molecular flexibility index (Phi) is 7.81. The van der Waals surface area contributed by atoms with Gasteiger partial charge in [-0.15, -0.1) is 11.3 Å². The quantitative estimate of drug-likeness (QED) is 0.416. The van der Waals surface area contributed by atoms with E-state index in [9.17, 15) is 8.94 Å². The van der Waals surface area contributed by atoms with E-state index < -0.39 is 39.5 Å². The van der Waals surface area contributed by atoms with Gasteiger partial charge in [0, 0.05) is 21.4 Å². The fourth-order valence-electron chi connectivity index (χ4n) is 2.45. The van der Waals surface area contributed by atoms with Crippen LogP contribution in [-0.2, 0) is 21.6 Å². The van der Waals surface area contributed by atoms with Gasteiger partial charge in [0.2, 0.25) is 0 Å². The Hall–Kier alpha value is -0.540. The molecule has 0 aliphatic carbocycles. The molecule has 0 amide bonds. The van der Waals surface area contributed by atoms with E-state index in [-0.39, 0.29) is 12.2 Å². The molecule has 0 aliphatic heterocycles. The topological polar surface area (TPSA) is 44.3 Å². The highest BCUT2D eigenvalue weighted by molar-refractivity contribution is 9.10. The standard InChI is InChI=1S/C18H25BrF3NO2S/c1-7-10-25-16(4,5)18(21,22)17(6,23-26(24)12(2)3)14-11-13(19)8-9-15(14)20/h7-9,11-12,23H,1,10H2,2-6H3/t17-,26?/m1/s1. The minimum Gasteiger partial charge on any atom is -0.598 e. The van der Waals surface area contributed by atoms with E-state index in [1.54, 1.807) is 13.8 Å². The maximum atomic E-state index is 15.7. The van der Waals surface area contributed by atoms with E-state index in [1.807, 2.05) is 0 Å². The van der Waals surface area contributed by atoms with Crippen molar-refractivity contribution in [1.82, 2.24) is 4.72 Å². The molecule has 1 rings (SSSR count). The van der Waals surface area contributed by atoms with Crippen LogP contribution in [0.25, 0.3) is 0 Å². The largest absolute Gasteiger partial charge is 0.598 e. The first kappa shape index (κ1) is 23.5. The molecule has 148 valence electrons. The van der Waals surface area contributed by atoms with Crippen LogP contribution in [0.1, 0.15) is 40.2 Å². The van der Waals surface area contributed by atoms with Crippen LogP contribution >= 0.6 is 15.9 Å². The van der Waals surface area contributed by atoms with Crippen LogP contribution in [-0.4, -0.2) is 27.9 Å². The molecule has 0 spiro atoms. The molecule has 0 aliphatic rings. The van der Waals surface area contributed by atoms with Gasteiger partial charge in [-0.1, -0.05) is 22.0 Å². The number of benzene rings is 1. The van der Waals surface area contributed by atoms with Gasteiger partial charge in [0.15, 0.2) is 5.54 Å². The van der Waals surface area contributed by atoms with Crippen LogP contribution in [0.3, 0.4) is 0 Å². The summed E-state index contributed by atoms with van der Waals surface area (Å²) in [6.45, 7) is 10.2. The lowest BCUT2D eigenvalue weighted by molar-refractivity contribution is -0.224. The highest BCUT2D eigenvalue weighted by Crippen LogP contribution is 2.48. The molecular formula is C18H25BrF3NO2S.